The summed E-state index contributed by atoms with van der Waals surface area (Å²) in [4.78, 5) is 11.2. The molecule has 0 aromatic heterocycles. The first-order valence-electron chi connectivity index (χ1n) is 5.25. The Morgan fingerprint density at radius 2 is 2.25 bits per heavy atom. The van der Waals surface area contributed by atoms with Crippen LogP contribution in [0.3, 0.4) is 0 Å². The van der Waals surface area contributed by atoms with Gasteiger partial charge in [-0.3, -0.25) is 0 Å². The van der Waals surface area contributed by atoms with E-state index in [-0.39, 0.29) is 11.3 Å². The van der Waals surface area contributed by atoms with E-state index in [2.05, 4.69) is 4.74 Å². The van der Waals surface area contributed by atoms with Crippen LogP contribution in [-0.2, 0) is 4.74 Å². The Hall–Kier alpha value is -1.71. The van der Waals surface area contributed by atoms with Crippen molar-refractivity contribution in [1.29, 1.82) is 0 Å². The van der Waals surface area contributed by atoms with Crippen LogP contribution in [0.5, 0.6) is 11.5 Å². The minimum atomic E-state index is -0.550. The molecular weight excluding hydrogens is 208 g/mol. The van der Waals surface area contributed by atoms with Gasteiger partial charge < -0.3 is 14.6 Å². The molecule has 0 heterocycles. The van der Waals surface area contributed by atoms with Gasteiger partial charge in [-0.25, -0.2) is 4.79 Å². The molecule has 16 heavy (non-hydrogen) atoms. The maximum absolute atomic E-state index is 11.2. The maximum atomic E-state index is 11.2. The molecule has 4 nitrogen and oxygen atoms in total. The van der Waals surface area contributed by atoms with Gasteiger partial charge >= 0.3 is 5.97 Å². The molecule has 0 saturated heterocycles. The van der Waals surface area contributed by atoms with Gasteiger partial charge in [0.1, 0.15) is 17.1 Å². The van der Waals surface area contributed by atoms with E-state index >= 15 is 0 Å². The first-order chi connectivity index (χ1) is 7.70. The lowest BCUT2D eigenvalue weighted by atomic mass is 10.2. The molecule has 0 bridgehead atoms. The highest BCUT2D eigenvalue weighted by molar-refractivity contribution is 5.92. The van der Waals surface area contributed by atoms with Crippen molar-refractivity contribution < 1.29 is 19.4 Å². The number of phenols is 1. The summed E-state index contributed by atoms with van der Waals surface area (Å²) in [5.74, 6) is 0.575. The van der Waals surface area contributed by atoms with Crippen LogP contribution in [0.4, 0.5) is 0 Å². The van der Waals surface area contributed by atoms with E-state index in [1.165, 1.54) is 32.1 Å². The number of carbonyl (C=O) groups is 1. The SMILES string of the molecule is COC(=O)c1ccc(OCC2CC2)cc1O. The smallest absolute Gasteiger partial charge is 0.341 e. The van der Waals surface area contributed by atoms with Crippen LogP contribution in [0.15, 0.2) is 18.2 Å². The molecule has 0 amide bonds. The molecular formula is C12H14O4. The topological polar surface area (TPSA) is 55.8 Å². The minimum absolute atomic E-state index is 0.111. The predicted octanol–water partition coefficient (Wildman–Crippen LogP) is 1.97. The number of esters is 1. The molecule has 0 atom stereocenters. The molecule has 1 fully saturated rings. The molecule has 0 aliphatic heterocycles. The first kappa shape index (κ1) is 10.8. The monoisotopic (exact) mass is 222 g/mol. The number of aromatic hydroxyl groups is 1. The van der Waals surface area contributed by atoms with E-state index in [1.807, 2.05) is 0 Å². The van der Waals surface area contributed by atoms with Crippen molar-refractivity contribution in [2.24, 2.45) is 5.92 Å². The van der Waals surface area contributed by atoms with E-state index in [4.69, 9.17) is 4.74 Å². The zero-order chi connectivity index (χ0) is 11.5. The largest absolute Gasteiger partial charge is 0.507 e. The highest BCUT2D eigenvalue weighted by Crippen LogP contribution is 2.30. The number of phenolic OH excluding ortho intramolecular Hbond substituents is 1. The van der Waals surface area contributed by atoms with Crippen molar-refractivity contribution in [1.82, 2.24) is 0 Å². The number of carbonyl (C=O) groups excluding carboxylic acids is 1. The Balaban J connectivity index is 2.05. The molecule has 1 aliphatic rings. The predicted molar refractivity (Wildman–Crippen MR) is 57.7 cm³/mol. The van der Waals surface area contributed by atoms with Crippen LogP contribution in [0, 0.1) is 5.92 Å². The standard InChI is InChI=1S/C12H14O4/c1-15-12(14)10-5-4-9(6-11(10)13)16-7-8-2-3-8/h4-6,8,13H,2-3,7H2,1H3. The molecule has 0 unspecified atom stereocenters. The lowest BCUT2D eigenvalue weighted by Crippen LogP contribution is -2.03. The van der Waals surface area contributed by atoms with Crippen molar-refractivity contribution in [3.05, 3.63) is 23.8 Å². The molecule has 1 aliphatic carbocycles. The normalized spacial score (nSPS) is 14.6. The van der Waals surface area contributed by atoms with Crippen LogP contribution in [-0.4, -0.2) is 24.8 Å². The van der Waals surface area contributed by atoms with Crippen LogP contribution in [0.25, 0.3) is 0 Å². The number of hydrogen-bond donors (Lipinski definition) is 1. The quantitative estimate of drug-likeness (QED) is 0.791. The van der Waals surface area contributed by atoms with E-state index < -0.39 is 5.97 Å². The molecule has 2 rings (SSSR count). The number of hydrogen-bond acceptors (Lipinski definition) is 4. The summed E-state index contributed by atoms with van der Waals surface area (Å²) in [5.41, 5.74) is 0.154. The van der Waals surface area contributed by atoms with E-state index in [0.29, 0.717) is 18.3 Å². The third kappa shape index (κ3) is 2.45. The van der Waals surface area contributed by atoms with Gasteiger partial charge in [0.25, 0.3) is 0 Å². The highest BCUT2D eigenvalue weighted by atomic mass is 16.5. The van der Waals surface area contributed by atoms with Crippen LogP contribution in [0.1, 0.15) is 23.2 Å². The Morgan fingerprint density at radius 3 is 2.81 bits per heavy atom. The maximum Gasteiger partial charge on any atom is 0.341 e. The third-order valence-corrected chi connectivity index (χ3v) is 2.56. The van der Waals surface area contributed by atoms with Crippen molar-refractivity contribution in [3.8, 4) is 11.5 Å². The molecule has 1 saturated carbocycles. The molecule has 1 N–H and O–H groups in total. The van der Waals surface area contributed by atoms with Crippen LogP contribution < -0.4 is 4.74 Å². The van der Waals surface area contributed by atoms with Gasteiger partial charge in [0.05, 0.1) is 13.7 Å². The van der Waals surface area contributed by atoms with E-state index in [1.54, 1.807) is 6.07 Å². The Kier molecular flexibility index (Phi) is 2.99. The van der Waals surface area contributed by atoms with Gasteiger partial charge in [-0.2, -0.15) is 0 Å². The number of methoxy groups -OCH3 is 1. The second-order valence-electron chi connectivity index (χ2n) is 3.92. The fourth-order valence-electron chi connectivity index (χ4n) is 1.38. The van der Waals surface area contributed by atoms with Gasteiger partial charge in [-0.15, -0.1) is 0 Å². The average Bonchev–Trinajstić information content (AvgIpc) is 3.09. The van der Waals surface area contributed by atoms with Gasteiger partial charge in [-0.1, -0.05) is 0 Å². The van der Waals surface area contributed by atoms with Gasteiger partial charge in [0, 0.05) is 6.07 Å². The third-order valence-electron chi connectivity index (χ3n) is 2.56. The van der Waals surface area contributed by atoms with Gasteiger partial charge in [0.2, 0.25) is 0 Å². The summed E-state index contributed by atoms with van der Waals surface area (Å²) < 4.78 is 9.99. The zero-order valence-electron chi connectivity index (χ0n) is 9.10. The van der Waals surface area contributed by atoms with Crippen molar-refractivity contribution in [3.63, 3.8) is 0 Å². The molecule has 1 aromatic rings. The second kappa shape index (κ2) is 4.43. The van der Waals surface area contributed by atoms with Crippen LogP contribution in [0.2, 0.25) is 0 Å². The van der Waals surface area contributed by atoms with Crippen molar-refractivity contribution in [2.45, 2.75) is 12.8 Å². The molecule has 86 valence electrons. The number of ether oxygens (including phenoxy) is 2. The number of rotatable bonds is 4. The van der Waals surface area contributed by atoms with Gasteiger partial charge in [-0.05, 0) is 30.9 Å². The summed E-state index contributed by atoms with van der Waals surface area (Å²) in [6, 6.07) is 4.60. The Morgan fingerprint density at radius 1 is 1.50 bits per heavy atom. The van der Waals surface area contributed by atoms with Crippen molar-refractivity contribution in [2.75, 3.05) is 13.7 Å². The average molecular weight is 222 g/mol. The summed E-state index contributed by atoms with van der Waals surface area (Å²) in [6.45, 7) is 0.678. The summed E-state index contributed by atoms with van der Waals surface area (Å²) >= 11 is 0. The summed E-state index contributed by atoms with van der Waals surface area (Å²) in [7, 11) is 1.28. The van der Waals surface area contributed by atoms with E-state index in [0.717, 1.165) is 0 Å². The summed E-state index contributed by atoms with van der Waals surface area (Å²) in [6.07, 6.45) is 2.43. The van der Waals surface area contributed by atoms with Crippen molar-refractivity contribution >= 4 is 5.97 Å². The fraction of sp³-hybridized carbons (Fsp3) is 0.417. The van der Waals surface area contributed by atoms with Crippen LogP contribution >= 0.6 is 0 Å². The minimum Gasteiger partial charge on any atom is -0.507 e. The lowest BCUT2D eigenvalue weighted by molar-refractivity contribution is 0.0597. The highest BCUT2D eigenvalue weighted by Gasteiger charge is 2.22. The Bertz CT molecular complexity index is 396. The first-order valence-corrected chi connectivity index (χ1v) is 5.25. The molecule has 0 spiro atoms. The lowest BCUT2D eigenvalue weighted by Gasteiger charge is -2.07. The second-order valence-corrected chi connectivity index (χ2v) is 3.92. The number of benzene rings is 1. The zero-order valence-corrected chi connectivity index (χ0v) is 9.10. The molecule has 4 heteroatoms. The molecule has 0 radical (unpaired) electrons. The summed E-state index contributed by atoms with van der Waals surface area (Å²) in [5, 5.41) is 9.59. The fourth-order valence-corrected chi connectivity index (χ4v) is 1.38. The van der Waals surface area contributed by atoms with E-state index in [9.17, 15) is 9.90 Å². The van der Waals surface area contributed by atoms with Gasteiger partial charge in [0.15, 0.2) is 0 Å². The molecule has 1 aromatic carbocycles. The Labute approximate surface area is 93.8 Å².